The van der Waals surface area contributed by atoms with E-state index in [1.165, 1.54) is 0 Å². The molecule has 0 bridgehead atoms. The van der Waals surface area contributed by atoms with Crippen LogP contribution < -0.4 is 0 Å². The third-order valence-electron chi connectivity index (χ3n) is 4.53. The van der Waals surface area contributed by atoms with E-state index in [2.05, 4.69) is 29.1 Å². The van der Waals surface area contributed by atoms with E-state index in [1.807, 2.05) is 35.0 Å². The number of carbonyl (C=O) groups is 1. The molecule has 1 atom stereocenters. The molecule has 6 nitrogen and oxygen atoms in total. The van der Waals surface area contributed by atoms with Crippen LogP contribution in [0.5, 0.6) is 0 Å². The van der Waals surface area contributed by atoms with Crippen LogP contribution in [0.4, 0.5) is 0 Å². The summed E-state index contributed by atoms with van der Waals surface area (Å²) in [6, 6.07) is 2.10. The maximum absolute atomic E-state index is 12.9. The second kappa shape index (κ2) is 7.20. The predicted octanol–water partition coefficient (Wildman–Crippen LogP) is 2.81. The van der Waals surface area contributed by atoms with Crippen molar-refractivity contribution in [3.8, 4) is 0 Å². The smallest absolute Gasteiger partial charge is 0.274 e. The highest BCUT2D eigenvalue weighted by Crippen LogP contribution is 2.21. The van der Waals surface area contributed by atoms with Crippen molar-refractivity contribution in [2.24, 2.45) is 5.92 Å². The number of nitrogens with zero attached hydrogens (tertiary/aromatic N) is 4. The first-order valence-electron chi connectivity index (χ1n) is 8.87. The van der Waals surface area contributed by atoms with Crippen LogP contribution in [0.1, 0.15) is 54.9 Å². The fourth-order valence-electron chi connectivity index (χ4n) is 3.40. The van der Waals surface area contributed by atoms with Gasteiger partial charge in [0.1, 0.15) is 5.69 Å². The highest BCUT2D eigenvalue weighted by atomic mass is 16.2. The lowest BCUT2D eigenvalue weighted by Gasteiger charge is -2.35. The molecular weight excluding hydrogens is 302 g/mol. The normalized spacial score (nSPS) is 18.3. The van der Waals surface area contributed by atoms with Gasteiger partial charge in [-0.1, -0.05) is 13.8 Å². The maximum atomic E-state index is 12.9. The van der Waals surface area contributed by atoms with Gasteiger partial charge in [0, 0.05) is 18.4 Å². The molecule has 0 radical (unpaired) electrons. The Morgan fingerprint density at radius 3 is 2.96 bits per heavy atom. The molecule has 1 saturated heterocycles. The number of aromatic nitrogens is 4. The predicted molar refractivity (Wildman–Crippen MR) is 92.8 cm³/mol. The van der Waals surface area contributed by atoms with Gasteiger partial charge >= 0.3 is 0 Å². The van der Waals surface area contributed by atoms with Crippen molar-refractivity contribution >= 4 is 5.91 Å². The quantitative estimate of drug-likeness (QED) is 0.917. The van der Waals surface area contributed by atoms with Gasteiger partial charge < -0.3 is 4.90 Å². The number of nitrogens with one attached hydrogen (secondary N) is 1. The van der Waals surface area contributed by atoms with Crippen LogP contribution in [0.15, 0.2) is 18.5 Å². The molecule has 2 aromatic rings. The van der Waals surface area contributed by atoms with Gasteiger partial charge in [-0.3, -0.25) is 14.6 Å². The Balaban J connectivity index is 1.72. The van der Waals surface area contributed by atoms with Crippen LogP contribution in [0, 0.1) is 12.8 Å². The molecule has 0 aliphatic carbocycles. The van der Waals surface area contributed by atoms with Crippen LogP contribution in [-0.4, -0.2) is 43.4 Å². The number of piperidine rings is 1. The number of amides is 1. The second-order valence-electron chi connectivity index (χ2n) is 7.26. The van der Waals surface area contributed by atoms with Crippen molar-refractivity contribution < 1.29 is 4.79 Å². The molecule has 0 unspecified atom stereocenters. The number of rotatable bonds is 5. The molecule has 130 valence electrons. The van der Waals surface area contributed by atoms with E-state index in [9.17, 15) is 4.79 Å². The highest BCUT2D eigenvalue weighted by Gasteiger charge is 2.29. The van der Waals surface area contributed by atoms with E-state index >= 15 is 0 Å². The topological polar surface area (TPSA) is 66.8 Å². The summed E-state index contributed by atoms with van der Waals surface area (Å²) in [7, 11) is 0. The van der Waals surface area contributed by atoms with Crippen LogP contribution in [0.25, 0.3) is 0 Å². The van der Waals surface area contributed by atoms with E-state index in [0.717, 1.165) is 50.0 Å². The van der Waals surface area contributed by atoms with Crippen molar-refractivity contribution in [2.75, 3.05) is 6.54 Å². The summed E-state index contributed by atoms with van der Waals surface area (Å²) in [5, 5.41) is 11.6. The van der Waals surface area contributed by atoms with E-state index < -0.39 is 0 Å². The molecule has 1 aliphatic rings. The summed E-state index contributed by atoms with van der Waals surface area (Å²) in [6.45, 7) is 7.91. The number of aryl methyl sites for hydroxylation is 1. The molecule has 1 aliphatic heterocycles. The fraction of sp³-hybridized carbons (Fsp3) is 0.611. The first-order chi connectivity index (χ1) is 11.5. The average molecular weight is 329 g/mol. The summed E-state index contributed by atoms with van der Waals surface area (Å²) in [5.41, 5.74) is 2.72. The number of aromatic amines is 1. The Labute approximate surface area is 143 Å². The number of hydrogen-bond donors (Lipinski definition) is 1. The average Bonchev–Trinajstić information content (AvgIpc) is 3.16. The van der Waals surface area contributed by atoms with E-state index in [4.69, 9.17) is 0 Å². The molecule has 0 aromatic carbocycles. The summed E-state index contributed by atoms with van der Waals surface area (Å²) in [4.78, 5) is 14.9. The highest BCUT2D eigenvalue weighted by molar-refractivity contribution is 5.92. The van der Waals surface area contributed by atoms with Gasteiger partial charge in [0.05, 0.1) is 18.8 Å². The zero-order valence-electron chi connectivity index (χ0n) is 14.8. The van der Waals surface area contributed by atoms with Crippen LogP contribution in [0.2, 0.25) is 0 Å². The molecule has 0 spiro atoms. The van der Waals surface area contributed by atoms with Crippen molar-refractivity contribution in [3.63, 3.8) is 0 Å². The van der Waals surface area contributed by atoms with Crippen molar-refractivity contribution in [1.82, 2.24) is 24.9 Å². The Kier molecular flexibility index (Phi) is 5.02. The zero-order valence-corrected chi connectivity index (χ0v) is 14.8. The molecule has 3 rings (SSSR count). The van der Waals surface area contributed by atoms with E-state index in [0.29, 0.717) is 11.6 Å². The lowest BCUT2D eigenvalue weighted by atomic mass is 10.0. The lowest BCUT2D eigenvalue weighted by molar-refractivity contribution is 0.0578. The Morgan fingerprint density at radius 2 is 2.25 bits per heavy atom. The monoisotopic (exact) mass is 329 g/mol. The molecule has 0 saturated carbocycles. The van der Waals surface area contributed by atoms with Gasteiger partial charge in [-0.2, -0.15) is 10.2 Å². The van der Waals surface area contributed by atoms with E-state index in [1.54, 1.807) is 0 Å². The van der Waals surface area contributed by atoms with Crippen LogP contribution in [-0.2, 0) is 13.0 Å². The molecule has 24 heavy (non-hydrogen) atoms. The van der Waals surface area contributed by atoms with Crippen LogP contribution >= 0.6 is 0 Å². The minimum atomic E-state index is 0.0369. The van der Waals surface area contributed by atoms with Crippen molar-refractivity contribution in [2.45, 2.75) is 59.0 Å². The SMILES string of the molecule is Cc1cnn(C[C@H]2CCCCN2C(=O)c2cc(CC(C)C)[nH]n2)c1. The number of carbonyl (C=O) groups excluding carboxylic acids is 1. The molecule has 1 fully saturated rings. The Bertz CT molecular complexity index is 687. The summed E-state index contributed by atoms with van der Waals surface area (Å²) >= 11 is 0. The first-order valence-corrected chi connectivity index (χ1v) is 8.87. The van der Waals surface area contributed by atoms with Crippen molar-refractivity contribution in [3.05, 3.63) is 35.4 Å². The number of H-pyrrole nitrogens is 1. The largest absolute Gasteiger partial charge is 0.332 e. The summed E-state index contributed by atoms with van der Waals surface area (Å²) in [6.07, 6.45) is 8.05. The van der Waals surface area contributed by atoms with Crippen molar-refractivity contribution in [1.29, 1.82) is 0 Å². The van der Waals surface area contributed by atoms with Gasteiger partial charge in [0.25, 0.3) is 5.91 Å². The fourth-order valence-corrected chi connectivity index (χ4v) is 3.40. The molecule has 2 aromatic heterocycles. The lowest BCUT2D eigenvalue weighted by Crippen LogP contribution is -2.46. The van der Waals surface area contributed by atoms with Gasteiger partial charge in [0.2, 0.25) is 0 Å². The van der Waals surface area contributed by atoms with E-state index in [-0.39, 0.29) is 11.9 Å². The number of hydrogen-bond acceptors (Lipinski definition) is 3. The summed E-state index contributed by atoms with van der Waals surface area (Å²) in [5.74, 6) is 0.578. The van der Waals surface area contributed by atoms with Gasteiger partial charge in [-0.25, -0.2) is 0 Å². The van der Waals surface area contributed by atoms with Crippen LogP contribution in [0.3, 0.4) is 0 Å². The second-order valence-corrected chi connectivity index (χ2v) is 7.26. The minimum absolute atomic E-state index is 0.0369. The third-order valence-corrected chi connectivity index (χ3v) is 4.53. The molecule has 1 N–H and O–H groups in total. The number of likely N-dealkylation sites (tertiary alicyclic amines) is 1. The molecule has 1 amide bonds. The minimum Gasteiger partial charge on any atom is -0.332 e. The molecule has 3 heterocycles. The Hall–Kier alpha value is -2.11. The summed E-state index contributed by atoms with van der Waals surface area (Å²) < 4.78 is 1.94. The van der Waals surface area contributed by atoms with Gasteiger partial charge in [-0.05, 0) is 50.2 Å². The molecular formula is C18H27N5O. The first kappa shape index (κ1) is 16.7. The Morgan fingerprint density at radius 1 is 1.42 bits per heavy atom. The molecule has 6 heteroatoms. The standard InChI is InChI=1S/C18H27N5O/c1-13(2)8-15-9-17(21-20-15)18(24)23-7-5-4-6-16(23)12-22-11-14(3)10-19-22/h9-11,13,16H,4-8,12H2,1-3H3,(H,20,21)/t16-/m1/s1. The maximum Gasteiger partial charge on any atom is 0.274 e. The van der Waals surface area contributed by atoms with Gasteiger partial charge in [0.15, 0.2) is 0 Å². The zero-order chi connectivity index (χ0) is 17.1. The third kappa shape index (κ3) is 3.86. The van der Waals surface area contributed by atoms with Gasteiger partial charge in [-0.15, -0.1) is 0 Å².